The van der Waals surface area contributed by atoms with Crippen molar-refractivity contribution >= 4 is 0 Å². The molecule has 1 aliphatic rings. The molecule has 2 unspecified atom stereocenters. The van der Waals surface area contributed by atoms with Crippen LogP contribution in [0.4, 0.5) is 4.39 Å². The molecule has 0 aromatic heterocycles. The lowest BCUT2D eigenvalue weighted by Crippen LogP contribution is -2.29. The van der Waals surface area contributed by atoms with Crippen LogP contribution in [0.2, 0.25) is 0 Å². The summed E-state index contributed by atoms with van der Waals surface area (Å²) in [4.78, 5) is 0. The van der Waals surface area contributed by atoms with Crippen LogP contribution in [-0.2, 0) is 6.42 Å². The zero-order valence-corrected chi connectivity index (χ0v) is 10.1. The van der Waals surface area contributed by atoms with Crippen molar-refractivity contribution < 1.29 is 4.39 Å². The number of benzene rings is 1. The molecule has 0 fully saturated rings. The van der Waals surface area contributed by atoms with Crippen LogP contribution in [0, 0.1) is 5.82 Å². The van der Waals surface area contributed by atoms with Crippen molar-refractivity contribution in [2.45, 2.75) is 51.6 Å². The van der Waals surface area contributed by atoms with Gasteiger partial charge >= 0.3 is 0 Å². The van der Waals surface area contributed by atoms with Crippen molar-refractivity contribution in [2.24, 2.45) is 0 Å². The summed E-state index contributed by atoms with van der Waals surface area (Å²) in [5, 5.41) is 3.63. The van der Waals surface area contributed by atoms with Crippen molar-refractivity contribution in [3.05, 3.63) is 35.1 Å². The Labute approximate surface area is 97.1 Å². The molecule has 1 nitrogen and oxygen atoms in total. The van der Waals surface area contributed by atoms with Crippen LogP contribution in [0.5, 0.6) is 0 Å². The monoisotopic (exact) mass is 221 g/mol. The first-order chi connectivity index (χ1) is 7.70. The Kier molecular flexibility index (Phi) is 3.59. The summed E-state index contributed by atoms with van der Waals surface area (Å²) in [5.74, 6) is -0.110. The Morgan fingerprint density at radius 1 is 1.50 bits per heavy atom. The molecular weight excluding hydrogens is 201 g/mol. The van der Waals surface area contributed by atoms with Gasteiger partial charge in [-0.3, -0.25) is 0 Å². The maximum absolute atomic E-state index is 13.1. The minimum absolute atomic E-state index is 0.110. The lowest BCUT2D eigenvalue weighted by Gasteiger charge is -2.19. The molecule has 88 valence electrons. The maximum Gasteiger partial charge on any atom is 0.123 e. The number of rotatable bonds is 4. The number of hydrogen-bond acceptors (Lipinski definition) is 1. The van der Waals surface area contributed by atoms with Crippen LogP contribution in [0.25, 0.3) is 0 Å². The summed E-state index contributed by atoms with van der Waals surface area (Å²) in [6.07, 6.45) is 4.51. The Morgan fingerprint density at radius 2 is 2.31 bits per heavy atom. The Hall–Kier alpha value is -0.890. The summed E-state index contributed by atoms with van der Waals surface area (Å²) in [6.45, 7) is 4.43. The van der Waals surface area contributed by atoms with E-state index in [1.807, 2.05) is 6.07 Å². The van der Waals surface area contributed by atoms with E-state index in [2.05, 4.69) is 19.2 Å². The largest absolute Gasteiger partial charge is 0.307 e. The average molecular weight is 221 g/mol. The second-order valence-electron chi connectivity index (χ2n) is 4.79. The van der Waals surface area contributed by atoms with Crippen molar-refractivity contribution in [3.8, 4) is 0 Å². The molecule has 2 atom stereocenters. The van der Waals surface area contributed by atoms with Gasteiger partial charge in [-0.1, -0.05) is 19.4 Å². The van der Waals surface area contributed by atoms with E-state index in [0.717, 1.165) is 12.8 Å². The van der Waals surface area contributed by atoms with Crippen molar-refractivity contribution in [1.82, 2.24) is 5.32 Å². The number of hydrogen-bond donors (Lipinski definition) is 1. The molecule has 0 saturated carbocycles. The zero-order valence-electron chi connectivity index (χ0n) is 10.1. The highest BCUT2D eigenvalue weighted by atomic mass is 19.1. The van der Waals surface area contributed by atoms with Gasteiger partial charge in [-0.2, -0.15) is 0 Å². The second-order valence-corrected chi connectivity index (χ2v) is 4.79. The highest BCUT2D eigenvalue weighted by Crippen LogP contribution is 2.31. The van der Waals surface area contributed by atoms with E-state index < -0.39 is 0 Å². The molecule has 0 radical (unpaired) electrons. The Morgan fingerprint density at radius 3 is 3.06 bits per heavy atom. The minimum Gasteiger partial charge on any atom is -0.307 e. The van der Waals surface area contributed by atoms with Crippen LogP contribution in [0.3, 0.4) is 0 Å². The molecule has 0 aliphatic heterocycles. The molecule has 0 amide bonds. The number of fused-ring (bicyclic) bond motifs is 1. The average Bonchev–Trinajstić information content (AvgIpc) is 2.61. The van der Waals surface area contributed by atoms with Crippen LogP contribution >= 0.6 is 0 Å². The molecule has 0 spiro atoms. The van der Waals surface area contributed by atoms with E-state index in [4.69, 9.17) is 0 Å². The van der Waals surface area contributed by atoms with Gasteiger partial charge in [-0.05, 0) is 49.4 Å². The molecule has 1 aliphatic carbocycles. The quantitative estimate of drug-likeness (QED) is 0.819. The Balaban J connectivity index is 2.06. The maximum atomic E-state index is 13.1. The molecular formula is C14H20FN. The normalized spacial score (nSPS) is 20.8. The second kappa shape index (κ2) is 4.96. The molecule has 0 bridgehead atoms. The first kappa shape index (κ1) is 11.6. The summed E-state index contributed by atoms with van der Waals surface area (Å²) < 4.78 is 13.1. The third-order valence-electron chi connectivity index (χ3n) is 3.39. The molecule has 0 saturated heterocycles. The molecule has 16 heavy (non-hydrogen) atoms. The van der Waals surface area contributed by atoms with Gasteiger partial charge in [-0.25, -0.2) is 4.39 Å². The third kappa shape index (κ3) is 2.43. The molecule has 1 aromatic carbocycles. The van der Waals surface area contributed by atoms with Gasteiger partial charge in [0.2, 0.25) is 0 Å². The van der Waals surface area contributed by atoms with Gasteiger partial charge in [-0.15, -0.1) is 0 Å². The highest BCUT2D eigenvalue weighted by molar-refractivity contribution is 5.35. The van der Waals surface area contributed by atoms with Gasteiger partial charge in [0.1, 0.15) is 5.82 Å². The number of aryl methyl sites for hydroxylation is 1. The molecule has 0 heterocycles. The first-order valence-corrected chi connectivity index (χ1v) is 6.25. The van der Waals surface area contributed by atoms with E-state index in [9.17, 15) is 4.39 Å². The van der Waals surface area contributed by atoms with Gasteiger partial charge in [0.15, 0.2) is 0 Å². The summed E-state index contributed by atoms with van der Waals surface area (Å²) >= 11 is 0. The summed E-state index contributed by atoms with van der Waals surface area (Å²) in [5.41, 5.74) is 2.48. The van der Waals surface area contributed by atoms with Crippen molar-refractivity contribution in [3.63, 3.8) is 0 Å². The summed E-state index contributed by atoms with van der Waals surface area (Å²) in [7, 11) is 0. The predicted octanol–water partition coefficient (Wildman–Crippen LogP) is 3.59. The Bertz CT molecular complexity index is 362. The standard InChI is InChI=1S/C14H20FN/c1-3-4-10(2)16-14-8-5-11-9-12(15)6-7-13(11)14/h6-7,9-10,14,16H,3-5,8H2,1-2H3. The lowest BCUT2D eigenvalue weighted by atomic mass is 10.1. The topological polar surface area (TPSA) is 12.0 Å². The number of nitrogens with one attached hydrogen (secondary N) is 1. The lowest BCUT2D eigenvalue weighted by molar-refractivity contribution is 0.431. The van der Waals surface area contributed by atoms with Crippen molar-refractivity contribution in [1.29, 1.82) is 0 Å². The van der Waals surface area contributed by atoms with Crippen LogP contribution in [0.15, 0.2) is 18.2 Å². The molecule has 2 heteroatoms. The van der Waals surface area contributed by atoms with E-state index in [-0.39, 0.29) is 5.82 Å². The molecule has 2 rings (SSSR count). The summed E-state index contributed by atoms with van der Waals surface area (Å²) in [6, 6.07) is 6.17. The highest BCUT2D eigenvalue weighted by Gasteiger charge is 2.23. The van der Waals surface area contributed by atoms with Gasteiger partial charge in [0, 0.05) is 12.1 Å². The van der Waals surface area contributed by atoms with Crippen LogP contribution in [0.1, 0.15) is 50.3 Å². The van der Waals surface area contributed by atoms with Gasteiger partial charge in [0.05, 0.1) is 0 Å². The first-order valence-electron chi connectivity index (χ1n) is 6.25. The molecule has 1 aromatic rings. The smallest absolute Gasteiger partial charge is 0.123 e. The van der Waals surface area contributed by atoms with E-state index in [1.54, 1.807) is 12.1 Å². The molecule has 1 N–H and O–H groups in total. The zero-order chi connectivity index (χ0) is 11.5. The number of halogens is 1. The van der Waals surface area contributed by atoms with Gasteiger partial charge < -0.3 is 5.32 Å². The third-order valence-corrected chi connectivity index (χ3v) is 3.39. The minimum atomic E-state index is -0.110. The fraction of sp³-hybridized carbons (Fsp3) is 0.571. The van der Waals surface area contributed by atoms with Crippen molar-refractivity contribution in [2.75, 3.05) is 0 Å². The van der Waals surface area contributed by atoms with Gasteiger partial charge in [0.25, 0.3) is 0 Å². The predicted molar refractivity (Wildman–Crippen MR) is 65.0 cm³/mol. The van der Waals surface area contributed by atoms with E-state index >= 15 is 0 Å². The fourth-order valence-corrected chi connectivity index (χ4v) is 2.62. The van der Waals surface area contributed by atoms with E-state index in [1.165, 1.54) is 24.0 Å². The van der Waals surface area contributed by atoms with Crippen LogP contribution in [-0.4, -0.2) is 6.04 Å². The SMILES string of the molecule is CCCC(C)NC1CCc2cc(F)ccc21. The van der Waals surface area contributed by atoms with E-state index in [0.29, 0.717) is 12.1 Å². The van der Waals surface area contributed by atoms with Crippen LogP contribution < -0.4 is 5.32 Å². The fourth-order valence-electron chi connectivity index (χ4n) is 2.62.